The van der Waals surface area contributed by atoms with E-state index in [0.29, 0.717) is 32.7 Å². The van der Waals surface area contributed by atoms with Crippen molar-refractivity contribution >= 4 is 24.3 Å². The topological polar surface area (TPSA) is 72.6 Å². The van der Waals surface area contributed by atoms with E-state index in [0.717, 1.165) is 25.7 Å². The Kier molecular flexibility index (Phi) is 8.34. The van der Waals surface area contributed by atoms with Gasteiger partial charge in [-0.05, 0) is 44.6 Å². The molecule has 0 bridgehead atoms. The lowest BCUT2D eigenvalue weighted by Gasteiger charge is -2.38. The van der Waals surface area contributed by atoms with Gasteiger partial charge in [0.1, 0.15) is 0 Å². The van der Waals surface area contributed by atoms with Gasteiger partial charge in [-0.1, -0.05) is 19.3 Å². The van der Waals surface area contributed by atoms with E-state index < -0.39 is 0 Å². The molecule has 2 fully saturated rings. The van der Waals surface area contributed by atoms with Crippen molar-refractivity contribution in [2.24, 2.45) is 17.1 Å². The molecular weight excluding hydrogens is 316 g/mol. The van der Waals surface area contributed by atoms with Crippen molar-refractivity contribution < 1.29 is 14.3 Å². The average Bonchev–Trinajstić information content (AvgIpc) is 2.56. The lowest BCUT2D eigenvalue weighted by molar-refractivity contribution is -0.151. The molecule has 0 unspecified atom stereocenters. The highest BCUT2D eigenvalue weighted by Crippen LogP contribution is 2.39. The van der Waals surface area contributed by atoms with Crippen molar-refractivity contribution in [3.8, 4) is 0 Å². The van der Waals surface area contributed by atoms with E-state index >= 15 is 0 Å². The van der Waals surface area contributed by atoms with E-state index in [1.807, 2.05) is 11.8 Å². The highest BCUT2D eigenvalue weighted by molar-refractivity contribution is 5.85. The first-order chi connectivity index (χ1) is 10.6. The summed E-state index contributed by atoms with van der Waals surface area (Å²) in [4.78, 5) is 26.3. The van der Waals surface area contributed by atoms with Gasteiger partial charge >= 0.3 is 5.97 Å². The summed E-state index contributed by atoms with van der Waals surface area (Å²) in [6.07, 6.45) is 7.82. The molecule has 23 heavy (non-hydrogen) atoms. The van der Waals surface area contributed by atoms with Gasteiger partial charge in [0.05, 0.1) is 12.5 Å². The van der Waals surface area contributed by atoms with E-state index in [1.54, 1.807) is 0 Å². The van der Waals surface area contributed by atoms with Crippen molar-refractivity contribution in [3.63, 3.8) is 0 Å². The summed E-state index contributed by atoms with van der Waals surface area (Å²) in [7, 11) is 0. The van der Waals surface area contributed by atoms with Gasteiger partial charge in [-0.3, -0.25) is 9.59 Å². The van der Waals surface area contributed by atoms with Crippen molar-refractivity contribution in [1.82, 2.24) is 4.90 Å². The van der Waals surface area contributed by atoms with Crippen LogP contribution in [0.5, 0.6) is 0 Å². The minimum Gasteiger partial charge on any atom is -0.466 e. The van der Waals surface area contributed by atoms with Crippen LogP contribution in [0.1, 0.15) is 58.3 Å². The zero-order chi connectivity index (χ0) is 16.0. The molecule has 2 aliphatic rings. The van der Waals surface area contributed by atoms with Gasteiger partial charge in [-0.2, -0.15) is 0 Å². The number of amides is 1. The highest BCUT2D eigenvalue weighted by atomic mass is 35.5. The van der Waals surface area contributed by atoms with Crippen LogP contribution in [0.25, 0.3) is 0 Å². The van der Waals surface area contributed by atoms with E-state index in [4.69, 9.17) is 10.5 Å². The molecule has 1 amide bonds. The highest BCUT2D eigenvalue weighted by Gasteiger charge is 2.36. The lowest BCUT2D eigenvalue weighted by atomic mass is 9.71. The first-order valence-electron chi connectivity index (χ1n) is 8.75. The molecule has 0 aromatic heterocycles. The Balaban J connectivity index is 0.00000264. The van der Waals surface area contributed by atoms with E-state index in [9.17, 15) is 9.59 Å². The molecule has 0 aromatic carbocycles. The number of nitrogens with zero attached hydrogens (tertiary/aromatic N) is 1. The fourth-order valence-electron chi connectivity index (χ4n) is 3.81. The number of likely N-dealkylation sites (tertiary alicyclic amines) is 1. The minimum absolute atomic E-state index is 0. The van der Waals surface area contributed by atoms with Gasteiger partial charge in [0.15, 0.2) is 0 Å². The van der Waals surface area contributed by atoms with Crippen LogP contribution >= 0.6 is 12.4 Å². The van der Waals surface area contributed by atoms with Crippen LogP contribution in [0.3, 0.4) is 0 Å². The summed E-state index contributed by atoms with van der Waals surface area (Å²) in [5.41, 5.74) is 6.00. The number of nitrogens with two attached hydrogens (primary N) is 1. The number of carbonyl (C=O) groups excluding carboxylic acids is 2. The Hall–Kier alpha value is -0.810. The Morgan fingerprint density at radius 1 is 1.17 bits per heavy atom. The van der Waals surface area contributed by atoms with Gasteiger partial charge in [0.2, 0.25) is 5.91 Å². The fraction of sp³-hybridized carbons (Fsp3) is 0.882. The maximum Gasteiger partial charge on any atom is 0.309 e. The molecule has 1 saturated carbocycles. The summed E-state index contributed by atoms with van der Waals surface area (Å²) in [5, 5.41) is 0. The third-order valence-corrected chi connectivity index (χ3v) is 5.34. The number of halogens is 1. The predicted molar refractivity (Wildman–Crippen MR) is 92.4 cm³/mol. The van der Waals surface area contributed by atoms with E-state index in [1.165, 1.54) is 19.3 Å². The molecule has 1 aliphatic carbocycles. The molecule has 1 saturated heterocycles. The van der Waals surface area contributed by atoms with Crippen molar-refractivity contribution in [3.05, 3.63) is 0 Å². The van der Waals surface area contributed by atoms with Crippen LogP contribution in [0, 0.1) is 11.3 Å². The predicted octanol–water partition coefficient (Wildman–Crippen LogP) is 2.51. The quantitative estimate of drug-likeness (QED) is 0.776. The molecule has 0 aromatic rings. The Morgan fingerprint density at radius 3 is 2.30 bits per heavy atom. The zero-order valence-corrected chi connectivity index (χ0v) is 15.0. The third kappa shape index (κ3) is 5.35. The lowest BCUT2D eigenvalue weighted by Crippen LogP contribution is -2.44. The summed E-state index contributed by atoms with van der Waals surface area (Å²) < 4.78 is 5.07. The summed E-state index contributed by atoms with van der Waals surface area (Å²) in [6.45, 7) is 4.20. The van der Waals surface area contributed by atoms with Gasteiger partial charge in [-0.25, -0.2) is 0 Å². The summed E-state index contributed by atoms with van der Waals surface area (Å²) >= 11 is 0. The summed E-state index contributed by atoms with van der Waals surface area (Å²) in [6, 6.07) is 0. The Labute approximate surface area is 145 Å². The Morgan fingerprint density at radius 2 is 1.78 bits per heavy atom. The number of rotatable bonds is 5. The Bertz CT molecular complexity index is 389. The molecule has 1 aliphatic heterocycles. The van der Waals surface area contributed by atoms with E-state index in [2.05, 4.69) is 0 Å². The second kappa shape index (κ2) is 9.48. The van der Waals surface area contributed by atoms with Crippen LogP contribution in [-0.4, -0.2) is 43.0 Å². The average molecular weight is 347 g/mol. The van der Waals surface area contributed by atoms with Crippen LogP contribution in [0.2, 0.25) is 0 Å². The molecule has 0 spiro atoms. The van der Waals surface area contributed by atoms with Crippen LogP contribution in [-0.2, 0) is 14.3 Å². The first-order valence-corrected chi connectivity index (χ1v) is 8.75. The maximum atomic E-state index is 12.6. The molecule has 134 valence electrons. The minimum atomic E-state index is -0.111. The fourth-order valence-corrected chi connectivity index (χ4v) is 3.81. The van der Waals surface area contributed by atoms with Crippen LogP contribution in [0.15, 0.2) is 0 Å². The smallest absolute Gasteiger partial charge is 0.309 e. The van der Waals surface area contributed by atoms with Crippen LogP contribution in [0.4, 0.5) is 0 Å². The monoisotopic (exact) mass is 346 g/mol. The SMILES string of the molecule is CCOC(=O)C1CCN(C(=O)CC2(CN)CCCCC2)CC1.Cl. The zero-order valence-electron chi connectivity index (χ0n) is 14.2. The third-order valence-electron chi connectivity index (χ3n) is 5.34. The molecule has 1 heterocycles. The largest absolute Gasteiger partial charge is 0.466 e. The van der Waals surface area contributed by atoms with Crippen molar-refractivity contribution in [2.75, 3.05) is 26.2 Å². The molecule has 5 nitrogen and oxygen atoms in total. The molecular formula is C17H31ClN2O3. The van der Waals surface area contributed by atoms with Crippen molar-refractivity contribution in [2.45, 2.75) is 58.3 Å². The van der Waals surface area contributed by atoms with Gasteiger partial charge in [-0.15, -0.1) is 12.4 Å². The maximum absolute atomic E-state index is 12.6. The number of piperidine rings is 1. The van der Waals surface area contributed by atoms with Crippen LogP contribution < -0.4 is 5.73 Å². The van der Waals surface area contributed by atoms with Gasteiger partial charge in [0.25, 0.3) is 0 Å². The standard InChI is InChI=1S/C17H30N2O3.ClH/c1-2-22-16(21)14-6-10-19(11-7-14)15(20)12-17(13-18)8-4-3-5-9-17;/h14H,2-13,18H2,1H3;1H. The van der Waals surface area contributed by atoms with Gasteiger partial charge < -0.3 is 15.4 Å². The number of ether oxygens (including phenoxy) is 1. The first kappa shape index (κ1) is 20.2. The number of hydrogen-bond acceptors (Lipinski definition) is 4. The van der Waals surface area contributed by atoms with E-state index in [-0.39, 0.29) is 35.6 Å². The summed E-state index contributed by atoms with van der Waals surface area (Å²) in [5.74, 6) is 0.0668. The molecule has 6 heteroatoms. The van der Waals surface area contributed by atoms with Crippen molar-refractivity contribution in [1.29, 1.82) is 0 Å². The van der Waals surface area contributed by atoms with Gasteiger partial charge in [0, 0.05) is 19.5 Å². The second-order valence-corrected chi connectivity index (χ2v) is 6.85. The number of esters is 1. The second-order valence-electron chi connectivity index (χ2n) is 6.85. The molecule has 2 N–H and O–H groups in total. The molecule has 0 radical (unpaired) electrons. The number of hydrogen-bond donors (Lipinski definition) is 1. The molecule has 0 atom stereocenters. The normalized spacial score (nSPS) is 21.4. The number of carbonyl (C=O) groups is 2. The molecule has 2 rings (SSSR count).